The third kappa shape index (κ3) is 6.65. The molecule has 1 rings (SSSR count). The average Bonchev–Trinajstić information content (AvgIpc) is 2.42. The summed E-state index contributed by atoms with van der Waals surface area (Å²) in [6.07, 6.45) is 0.848. The molecule has 4 nitrogen and oxygen atoms in total. The van der Waals surface area contributed by atoms with E-state index >= 15 is 0 Å². The Morgan fingerprint density at radius 3 is 1.82 bits per heavy atom. The Hall–Kier alpha value is -1.84. The number of benzene rings is 1. The first-order valence-corrected chi connectivity index (χ1v) is 10.1. The zero-order valence-corrected chi connectivity index (χ0v) is 19.8. The van der Waals surface area contributed by atoms with Gasteiger partial charge in [-0.25, -0.2) is 0 Å². The third-order valence-corrected chi connectivity index (χ3v) is 4.46. The minimum atomic E-state index is -0.514. The molecule has 0 saturated carbocycles. The van der Waals surface area contributed by atoms with Crippen molar-refractivity contribution in [3.05, 3.63) is 24.3 Å². The normalized spacial score (nSPS) is 13.2. The maximum Gasteiger partial charge on any atom is 0.232 e. The van der Waals surface area contributed by atoms with Crippen molar-refractivity contribution in [3.63, 3.8) is 0 Å². The minimum absolute atomic E-state index is 0.0488. The number of hydrogen-bond acceptors (Lipinski definition) is 2. The van der Waals surface area contributed by atoms with E-state index < -0.39 is 10.8 Å². The molecule has 28 heavy (non-hydrogen) atoms. The summed E-state index contributed by atoms with van der Waals surface area (Å²) in [6, 6.07) is 7.60. The summed E-state index contributed by atoms with van der Waals surface area (Å²) >= 11 is 0. The van der Waals surface area contributed by atoms with Gasteiger partial charge in [-0.1, -0.05) is 68.4 Å². The number of nitrogens with zero attached hydrogens (tertiary/aromatic N) is 1. The predicted octanol–water partition coefficient (Wildman–Crippen LogP) is 6.27. The quantitative estimate of drug-likeness (QED) is 0.661. The van der Waals surface area contributed by atoms with Crippen LogP contribution in [0.2, 0.25) is 0 Å². The first-order chi connectivity index (χ1) is 12.3. The van der Waals surface area contributed by atoms with E-state index in [1.807, 2.05) is 70.7 Å². The van der Waals surface area contributed by atoms with Gasteiger partial charge in [0.15, 0.2) is 0 Å². The second-order valence-corrected chi connectivity index (χ2v) is 11.7. The van der Waals surface area contributed by atoms with Gasteiger partial charge in [-0.15, -0.1) is 0 Å². The van der Waals surface area contributed by atoms with Crippen molar-refractivity contribution in [2.45, 2.75) is 88.1 Å². The van der Waals surface area contributed by atoms with Gasteiger partial charge in [0.2, 0.25) is 11.8 Å². The first-order valence-electron chi connectivity index (χ1n) is 10.1. The number of nitrogens with one attached hydrogen (secondary N) is 1. The number of carbonyl (C=O) groups is 2. The van der Waals surface area contributed by atoms with E-state index in [9.17, 15) is 9.59 Å². The predicted molar refractivity (Wildman–Crippen MR) is 120 cm³/mol. The zero-order chi connectivity index (χ0) is 22.1. The molecular weight excluding hydrogens is 348 g/mol. The van der Waals surface area contributed by atoms with Crippen LogP contribution in [0.1, 0.15) is 82.6 Å². The fourth-order valence-corrected chi connectivity index (χ4v) is 3.50. The van der Waals surface area contributed by atoms with Gasteiger partial charge in [-0.05, 0) is 43.9 Å². The van der Waals surface area contributed by atoms with Gasteiger partial charge in [0.1, 0.15) is 0 Å². The molecular formula is C24H40N2O2. The van der Waals surface area contributed by atoms with Crippen LogP contribution in [0.25, 0.3) is 0 Å². The van der Waals surface area contributed by atoms with Gasteiger partial charge < -0.3 is 10.2 Å². The highest BCUT2D eigenvalue weighted by atomic mass is 16.2. The summed E-state index contributed by atoms with van der Waals surface area (Å²) in [6.45, 7) is 22.3. The van der Waals surface area contributed by atoms with E-state index in [4.69, 9.17) is 0 Å². The Morgan fingerprint density at radius 2 is 1.39 bits per heavy atom. The number of hydrogen-bond donors (Lipinski definition) is 1. The Labute approximate surface area is 172 Å². The fourth-order valence-electron chi connectivity index (χ4n) is 3.50. The van der Waals surface area contributed by atoms with Gasteiger partial charge in [0, 0.05) is 27.7 Å². The maximum atomic E-state index is 13.4. The topological polar surface area (TPSA) is 49.4 Å². The average molecular weight is 389 g/mol. The van der Waals surface area contributed by atoms with Crippen molar-refractivity contribution in [1.82, 2.24) is 0 Å². The van der Waals surface area contributed by atoms with Crippen LogP contribution in [0, 0.1) is 16.2 Å². The van der Waals surface area contributed by atoms with Gasteiger partial charge in [0.25, 0.3) is 0 Å². The summed E-state index contributed by atoms with van der Waals surface area (Å²) in [5, 5.41) is 2.98. The third-order valence-electron chi connectivity index (χ3n) is 4.46. The van der Waals surface area contributed by atoms with E-state index in [0.717, 1.165) is 12.1 Å². The molecule has 0 unspecified atom stereocenters. The zero-order valence-electron chi connectivity index (χ0n) is 19.8. The summed E-state index contributed by atoms with van der Waals surface area (Å²) in [7, 11) is 0. The van der Waals surface area contributed by atoms with Crippen LogP contribution < -0.4 is 10.2 Å². The molecule has 0 saturated heterocycles. The number of rotatable bonds is 4. The van der Waals surface area contributed by atoms with Crippen LogP contribution >= 0.6 is 0 Å². The van der Waals surface area contributed by atoms with Crippen LogP contribution in [0.5, 0.6) is 0 Å². The molecule has 0 aliphatic carbocycles. The van der Waals surface area contributed by atoms with Crippen LogP contribution in [0.4, 0.5) is 11.4 Å². The molecule has 2 amide bonds. The van der Waals surface area contributed by atoms with E-state index in [1.54, 1.807) is 0 Å². The van der Waals surface area contributed by atoms with Gasteiger partial charge in [-0.2, -0.15) is 0 Å². The van der Waals surface area contributed by atoms with Gasteiger partial charge in [0.05, 0.1) is 0 Å². The van der Waals surface area contributed by atoms with E-state index in [-0.39, 0.29) is 22.8 Å². The summed E-state index contributed by atoms with van der Waals surface area (Å²) in [5.74, 6) is 0.0216. The molecule has 1 aromatic carbocycles. The number of carbonyl (C=O) groups excluding carboxylic acids is 2. The molecule has 0 fully saturated rings. The molecule has 0 heterocycles. The lowest BCUT2D eigenvalue weighted by Crippen LogP contribution is -2.53. The molecule has 0 spiro atoms. The Kier molecular flexibility index (Phi) is 6.81. The van der Waals surface area contributed by atoms with Gasteiger partial charge in [-0.3, -0.25) is 9.59 Å². The van der Waals surface area contributed by atoms with Crippen molar-refractivity contribution in [2.75, 3.05) is 10.2 Å². The number of anilines is 2. The molecule has 158 valence electrons. The van der Waals surface area contributed by atoms with E-state index in [2.05, 4.69) is 39.9 Å². The maximum absolute atomic E-state index is 13.4. The van der Waals surface area contributed by atoms with Crippen LogP contribution in [-0.2, 0) is 9.59 Å². The summed E-state index contributed by atoms with van der Waals surface area (Å²) < 4.78 is 0. The molecule has 4 heteroatoms. The largest absolute Gasteiger partial charge is 0.326 e. The van der Waals surface area contributed by atoms with Crippen LogP contribution in [0.15, 0.2) is 24.3 Å². The Morgan fingerprint density at radius 1 is 0.857 bits per heavy atom. The fraction of sp³-hybridized carbons (Fsp3) is 0.667. The molecule has 0 atom stereocenters. The highest BCUT2D eigenvalue weighted by Gasteiger charge is 2.40. The van der Waals surface area contributed by atoms with Crippen LogP contribution in [0.3, 0.4) is 0 Å². The molecule has 1 N–H and O–H groups in total. The molecule has 0 bridgehead atoms. The summed E-state index contributed by atoms with van der Waals surface area (Å²) in [5.41, 5.74) is 0.201. The molecule has 0 radical (unpaired) electrons. The SMILES string of the molecule is CC(C)(C)CC(C)(C)N(C(=O)C(C)(C)C)c1cccc(NC(=O)C(C)(C)C)c1. The van der Waals surface area contributed by atoms with E-state index in [1.165, 1.54) is 0 Å². The second kappa shape index (κ2) is 7.88. The lowest BCUT2D eigenvalue weighted by molar-refractivity contribution is -0.127. The standard InChI is InChI=1S/C24H40N2O2/c1-21(2,3)16-24(10,11)26(20(28)23(7,8)9)18-14-12-13-17(15-18)25-19(27)22(4,5)6/h12-15H,16H2,1-11H3,(H,25,27). The Balaban J connectivity index is 3.41. The minimum Gasteiger partial charge on any atom is -0.326 e. The Bertz CT molecular complexity index is 713. The smallest absolute Gasteiger partial charge is 0.232 e. The first kappa shape index (κ1) is 24.2. The summed E-state index contributed by atoms with van der Waals surface area (Å²) in [4.78, 5) is 27.7. The molecule has 0 aliphatic heterocycles. The molecule has 0 aromatic heterocycles. The van der Waals surface area contributed by atoms with Crippen molar-refractivity contribution in [2.24, 2.45) is 16.2 Å². The highest BCUT2D eigenvalue weighted by Crippen LogP contribution is 2.38. The number of amides is 2. The second-order valence-electron chi connectivity index (χ2n) is 11.7. The lowest BCUT2D eigenvalue weighted by atomic mass is 9.79. The van der Waals surface area contributed by atoms with Crippen molar-refractivity contribution < 1.29 is 9.59 Å². The molecule has 1 aromatic rings. The van der Waals surface area contributed by atoms with Crippen LogP contribution in [-0.4, -0.2) is 17.4 Å². The molecule has 0 aliphatic rings. The van der Waals surface area contributed by atoms with Gasteiger partial charge >= 0.3 is 0 Å². The van der Waals surface area contributed by atoms with Crippen molar-refractivity contribution in [3.8, 4) is 0 Å². The van der Waals surface area contributed by atoms with E-state index in [0.29, 0.717) is 5.69 Å². The monoisotopic (exact) mass is 388 g/mol. The van der Waals surface area contributed by atoms with Crippen molar-refractivity contribution in [1.29, 1.82) is 0 Å². The van der Waals surface area contributed by atoms with Crippen molar-refractivity contribution >= 4 is 23.2 Å². The highest BCUT2D eigenvalue weighted by molar-refractivity contribution is 5.99. The lowest BCUT2D eigenvalue weighted by Gasteiger charge is -2.45.